The molecule has 0 saturated heterocycles. The number of nitrogens with one attached hydrogen (secondary N) is 1. The van der Waals surface area contributed by atoms with Gasteiger partial charge in [0.1, 0.15) is 5.00 Å². The molecule has 0 saturated carbocycles. The Kier molecular flexibility index (Phi) is 6.99. The Bertz CT molecular complexity index is 959. The van der Waals surface area contributed by atoms with Crippen LogP contribution in [0.3, 0.4) is 0 Å². The van der Waals surface area contributed by atoms with Gasteiger partial charge in [-0.3, -0.25) is 9.59 Å². The molecule has 2 amide bonds. The number of ether oxygens (including phenoxy) is 1. The number of primary amides is 1. The highest BCUT2D eigenvalue weighted by molar-refractivity contribution is 7.17. The van der Waals surface area contributed by atoms with Crippen molar-refractivity contribution < 1.29 is 14.3 Å². The number of aryl methyl sites for hydroxylation is 1. The third kappa shape index (κ3) is 4.50. The smallest absolute Gasteiger partial charge is 0.262 e. The molecule has 0 unspecified atom stereocenters. The van der Waals surface area contributed by atoms with E-state index in [4.69, 9.17) is 45.3 Å². The van der Waals surface area contributed by atoms with Crippen LogP contribution in [0.4, 0.5) is 5.00 Å². The second-order valence-electron chi connectivity index (χ2n) is 6.99. The second-order valence-corrected chi connectivity index (χ2v) is 9.23. The first-order valence-corrected chi connectivity index (χ1v) is 11.2. The second kappa shape index (κ2) is 9.13. The standard InChI is InChI=1S/C20H21Cl3N2O3S/c1-9-15(21)10(2)17(23)18(16(9)22)28-8-13(26)25-20-14(19(24)27)11-6-4-3-5-7-12(11)29-20/h3-8H2,1-2H3,(H2,24,27)(H,25,26). The van der Waals surface area contributed by atoms with Crippen molar-refractivity contribution in [3.63, 3.8) is 0 Å². The van der Waals surface area contributed by atoms with Crippen LogP contribution in [0.15, 0.2) is 0 Å². The molecule has 0 bridgehead atoms. The first-order chi connectivity index (χ1) is 13.7. The molecule has 1 heterocycles. The molecule has 9 heteroatoms. The number of hydrogen-bond acceptors (Lipinski definition) is 4. The quantitative estimate of drug-likeness (QED) is 0.543. The predicted octanol–water partition coefficient (Wildman–Crippen LogP) is 5.71. The van der Waals surface area contributed by atoms with E-state index in [2.05, 4.69) is 5.32 Å². The van der Waals surface area contributed by atoms with Gasteiger partial charge in [-0.05, 0) is 56.2 Å². The van der Waals surface area contributed by atoms with Crippen molar-refractivity contribution >= 4 is 63.0 Å². The Morgan fingerprint density at radius 2 is 1.66 bits per heavy atom. The lowest BCUT2D eigenvalue weighted by Gasteiger charge is -2.15. The van der Waals surface area contributed by atoms with E-state index in [1.807, 2.05) is 0 Å². The van der Waals surface area contributed by atoms with E-state index in [1.165, 1.54) is 11.3 Å². The molecule has 1 aliphatic carbocycles. The van der Waals surface area contributed by atoms with Gasteiger partial charge < -0.3 is 15.8 Å². The summed E-state index contributed by atoms with van der Waals surface area (Å²) in [6, 6.07) is 0. The Hall–Kier alpha value is -1.47. The maximum Gasteiger partial charge on any atom is 0.262 e. The maximum absolute atomic E-state index is 12.5. The van der Waals surface area contributed by atoms with Crippen molar-refractivity contribution in [3.8, 4) is 5.75 Å². The van der Waals surface area contributed by atoms with E-state index >= 15 is 0 Å². The van der Waals surface area contributed by atoms with E-state index in [0.29, 0.717) is 26.7 Å². The molecular formula is C20H21Cl3N2O3S. The molecule has 0 atom stereocenters. The van der Waals surface area contributed by atoms with Crippen LogP contribution in [-0.4, -0.2) is 18.4 Å². The molecule has 29 heavy (non-hydrogen) atoms. The summed E-state index contributed by atoms with van der Waals surface area (Å²) in [7, 11) is 0. The van der Waals surface area contributed by atoms with Crippen LogP contribution in [0.1, 0.15) is 51.2 Å². The first kappa shape index (κ1) is 22.2. The zero-order valence-corrected chi connectivity index (χ0v) is 19.2. The zero-order valence-electron chi connectivity index (χ0n) is 16.1. The Balaban J connectivity index is 1.78. The van der Waals surface area contributed by atoms with Crippen molar-refractivity contribution in [2.75, 3.05) is 11.9 Å². The molecule has 5 nitrogen and oxygen atoms in total. The van der Waals surface area contributed by atoms with Crippen molar-refractivity contribution in [2.24, 2.45) is 5.73 Å². The van der Waals surface area contributed by atoms with Crippen LogP contribution < -0.4 is 15.8 Å². The van der Waals surface area contributed by atoms with Gasteiger partial charge in [0.05, 0.1) is 15.6 Å². The molecule has 0 radical (unpaired) electrons. The number of fused-ring (bicyclic) bond motifs is 1. The van der Waals surface area contributed by atoms with E-state index in [0.717, 1.165) is 42.5 Å². The summed E-state index contributed by atoms with van der Waals surface area (Å²) in [4.78, 5) is 25.6. The lowest BCUT2D eigenvalue weighted by molar-refractivity contribution is -0.118. The van der Waals surface area contributed by atoms with E-state index in [1.54, 1.807) is 13.8 Å². The third-order valence-corrected chi connectivity index (χ3v) is 7.67. The maximum atomic E-state index is 12.5. The van der Waals surface area contributed by atoms with Crippen LogP contribution in [0.5, 0.6) is 5.75 Å². The molecule has 156 valence electrons. The van der Waals surface area contributed by atoms with Crippen molar-refractivity contribution in [1.82, 2.24) is 0 Å². The summed E-state index contributed by atoms with van der Waals surface area (Å²) in [6.07, 6.45) is 4.88. The fraction of sp³-hybridized carbons (Fsp3) is 0.400. The SMILES string of the molecule is Cc1c(Cl)c(C)c(Cl)c(OCC(=O)Nc2sc3c(c2C(N)=O)CCCCC3)c1Cl. The highest BCUT2D eigenvalue weighted by Crippen LogP contribution is 2.42. The Labute approximate surface area is 188 Å². The molecule has 0 aliphatic heterocycles. The number of nitrogens with two attached hydrogens (primary N) is 1. The molecule has 2 aromatic rings. The minimum atomic E-state index is -0.532. The van der Waals surface area contributed by atoms with Crippen LogP contribution in [-0.2, 0) is 17.6 Å². The number of hydrogen-bond donors (Lipinski definition) is 2. The average Bonchev–Trinajstić information content (AvgIpc) is 2.85. The number of anilines is 1. The average molecular weight is 476 g/mol. The topological polar surface area (TPSA) is 81.4 Å². The summed E-state index contributed by atoms with van der Waals surface area (Å²) < 4.78 is 5.59. The van der Waals surface area contributed by atoms with Gasteiger partial charge in [-0.1, -0.05) is 41.2 Å². The number of carbonyl (C=O) groups excluding carboxylic acids is 2. The summed E-state index contributed by atoms with van der Waals surface area (Å²) in [6.45, 7) is 3.18. The van der Waals surface area contributed by atoms with Crippen LogP contribution in [0.25, 0.3) is 0 Å². The van der Waals surface area contributed by atoms with Gasteiger partial charge in [0.25, 0.3) is 11.8 Å². The van der Waals surface area contributed by atoms with Crippen LogP contribution in [0, 0.1) is 13.8 Å². The molecule has 1 aliphatic rings. The molecular weight excluding hydrogens is 455 g/mol. The fourth-order valence-electron chi connectivity index (χ4n) is 3.43. The minimum absolute atomic E-state index is 0.208. The van der Waals surface area contributed by atoms with Crippen molar-refractivity contribution in [2.45, 2.75) is 46.0 Å². The zero-order chi connectivity index (χ0) is 21.3. The van der Waals surface area contributed by atoms with Gasteiger partial charge in [0.2, 0.25) is 0 Å². The molecule has 1 aromatic carbocycles. The molecule has 0 spiro atoms. The molecule has 0 fully saturated rings. The fourth-order valence-corrected chi connectivity index (χ4v) is 5.56. The molecule has 3 N–H and O–H groups in total. The molecule has 3 rings (SSSR count). The Morgan fingerprint density at radius 3 is 2.28 bits per heavy atom. The predicted molar refractivity (Wildman–Crippen MR) is 119 cm³/mol. The normalized spacial score (nSPS) is 13.6. The van der Waals surface area contributed by atoms with Gasteiger partial charge in [-0.2, -0.15) is 0 Å². The van der Waals surface area contributed by atoms with Gasteiger partial charge in [0, 0.05) is 9.90 Å². The monoisotopic (exact) mass is 474 g/mol. The number of rotatable bonds is 5. The lowest BCUT2D eigenvalue weighted by Crippen LogP contribution is -2.22. The molecule has 1 aromatic heterocycles. The number of benzene rings is 1. The van der Waals surface area contributed by atoms with E-state index in [-0.39, 0.29) is 22.4 Å². The van der Waals surface area contributed by atoms with Crippen molar-refractivity contribution in [1.29, 1.82) is 0 Å². The number of thiophene rings is 1. The summed E-state index contributed by atoms with van der Waals surface area (Å²) in [5, 5.41) is 4.22. The lowest BCUT2D eigenvalue weighted by atomic mass is 10.1. The number of amides is 2. The highest BCUT2D eigenvalue weighted by atomic mass is 35.5. The summed E-state index contributed by atoms with van der Waals surface area (Å²) in [5.74, 6) is -0.753. The van der Waals surface area contributed by atoms with Crippen LogP contribution >= 0.6 is 46.1 Å². The summed E-state index contributed by atoms with van der Waals surface area (Å²) in [5.41, 5.74) is 8.23. The third-order valence-electron chi connectivity index (χ3n) is 4.98. The Morgan fingerprint density at radius 1 is 1.03 bits per heavy atom. The highest BCUT2D eigenvalue weighted by Gasteiger charge is 2.25. The van der Waals surface area contributed by atoms with E-state index < -0.39 is 11.8 Å². The summed E-state index contributed by atoms with van der Waals surface area (Å²) >= 11 is 20.2. The van der Waals surface area contributed by atoms with E-state index in [9.17, 15) is 9.59 Å². The van der Waals surface area contributed by atoms with Gasteiger partial charge >= 0.3 is 0 Å². The van der Waals surface area contributed by atoms with Gasteiger partial charge in [-0.15, -0.1) is 11.3 Å². The minimum Gasteiger partial charge on any atom is -0.481 e. The van der Waals surface area contributed by atoms with Gasteiger partial charge in [0.15, 0.2) is 12.4 Å². The van der Waals surface area contributed by atoms with Gasteiger partial charge in [-0.25, -0.2) is 0 Å². The number of halogens is 3. The largest absolute Gasteiger partial charge is 0.481 e. The van der Waals surface area contributed by atoms with Crippen LogP contribution in [0.2, 0.25) is 15.1 Å². The van der Waals surface area contributed by atoms with Crippen molar-refractivity contribution in [3.05, 3.63) is 42.2 Å². The first-order valence-electron chi connectivity index (χ1n) is 9.23. The number of carbonyl (C=O) groups is 2.